The van der Waals surface area contributed by atoms with Gasteiger partial charge in [-0.05, 0) is 18.4 Å². The maximum atomic E-state index is 12.5. The molecule has 0 radical (unpaired) electrons. The average Bonchev–Trinajstić information content (AvgIpc) is 3.10. The Bertz CT molecular complexity index is 953. The molecule has 1 aliphatic rings. The monoisotopic (exact) mass is 315 g/mol. The molecule has 120 valence electrons. The lowest BCUT2D eigenvalue weighted by Crippen LogP contribution is -2.45. The molecule has 0 bridgehead atoms. The van der Waals surface area contributed by atoms with Gasteiger partial charge in [0.1, 0.15) is 5.65 Å². The van der Waals surface area contributed by atoms with Gasteiger partial charge in [-0.2, -0.15) is 0 Å². The van der Waals surface area contributed by atoms with Crippen LogP contribution in [0, 0.1) is 5.92 Å². The number of hydrogen-bond donors (Lipinski definition) is 3. The number of imidazole rings is 1. The van der Waals surface area contributed by atoms with Crippen LogP contribution in [-0.2, 0) is 0 Å². The molecule has 3 aromatic heterocycles. The number of nitrogens with zero attached hydrogens (tertiary/aromatic N) is 3. The highest BCUT2D eigenvalue weighted by Gasteiger charge is 2.32. The van der Waals surface area contributed by atoms with Crippen molar-refractivity contribution in [1.29, 1.82) is 0 Å². The Balaban J connectivity index is 1.93. The van der Waals surface area contributed by atoms with Gasteiger partial charge in [-0.25, -0.2) is 14.6 Å². The minimum atomic E-state index is -0.941. The summed E-state index contributed by atoms with van der Waals surface area (Å²) in [6.07, 6.45) is 3.21. The van der Waals surface area contributed by atoms with Gasteiger partial charge in [0.05, 0.1) is 23.3 Å². The second kappa shape index (κ2) is 4.87. The standard InChI is InChI=1S/C15H17N5O3/c1-8-3-5-19(15(22)23)7-11(8)20-12-9-2-4-16-13(9)17-6-10(12)18-14(20)21/h2,4,6,8,11H,3,5,7H2,1H3,(H,16,17)(H,18,21)(H,22,23)/t8-,11+/m0/s1. The Morgan fingerprint density at radius 3 is 3.09 bits per heavy atom. The molecule has 4 rings (SSSR count). The highest BCUT2D eigenvalue weighted by Crippen LogP contribution is 2.31. The molecule has 4 heterocycles. The minimum absolute atomic E-state index is 0.193. The summed E-state index contributed by atoms with van der Waals surface area (Å²) in [5, 5.41) is 10.1. The lowest BCUT2D eigenvalue weighted by atomic mass is 9.93. The van der Waals surface area contributed by atoms with Crippen LogP contribution in [0.25, 0.3) is 22.1 Å². The lowest BCUT2D eigenvalue weighted by molar-refractivity contribution is 0.104. The fraction of sp³-hybridized carbons (Fsp3) is 0.400. The van der Waals surface area contributed by atoms with E-state index in [0.29, 0.717) is 24.3 Å². The van der Waals surface area contributed by atoms with E-state index >= 15 is 0 Å². The van der Waals surface area contributed by atoms with Crippen LogP contribution in [0.15, 0.2) is 23.3 Å². The van der Waals surface area contributed by atoms with E-state index in [1.165, 1.54) is 4.90 Å². The molecule has 0 unspecified atom stereocenters. The van der Waals surface area contributed by atoms with E-state index in [4.69, 9.17) is 0 Å². The van der Waals surface area contributed by atoms with Crippen LogP contribution >= 0.6 is 0 Å². The zero-order valence-corrected chi connectivity index (χ0v) is 12.6. The van der Waals surface area contributed by atoms with Gasteiger partial charge in [0.25, 0.3) is 0 Å². The van der Waals surface area contributed by atoms with Gasteiger partial charge in [0.15, 0.2) is 0 Å². The van der Waals surface area contributed by atoms with Crippen molar-refractivity contribution >= 4 is 28.2 Å². The summed E-state index contributed by atoms with van der Waals surface area (Å²) in [6, 6.07) is 1.69. The molecular formula is C15H17N5O3. The summed E-state index contributed by atoms with van der Waals surface area (Å²) in [7, 11) is 0. The van der Waals surface area contributed by atoms with Gasteiger partial charge >= 0.3 is 11.8 Å². The van der Waals surface area contributed by atoms with E-state index in [-0.39, 0.29) is 17.6 Å². The zero-order chi connectivity index (χ0) is 16.1. The fourth-order valence-electron chi connectivity index (χ4n) is 3.50. The number of rotatable bonds is 1. The molecule has 0 aromatic carbocycles. The highest BCUT2D eigenvalue weighted by molar-refractivity contribution is 6.00. The van der Waals surface area contributed by atoms with Gasteiger partial charge in [-0.3, -0.25) is 4.57 Å². The predicted octanol–water partition coefficient (Wildman–Crippen LogP) is 1.77. The summed E-state index contributed by atoms with van der Waals surface area (Å²) < 4.78 is 1.70. The molecule has 3 aromatic rings. The maximum absolute atomic E-state index is 12.5. The van der Waals surface area contributed by atoms with Crippen molar-refractivity contribution in [2.75, 3.05) is 13.1 Å². The number of amides is 1. The quantitative estimate of drug-likeness (QED) is 0.636. The van der Waals surface area contributed by atoms with Crippen molar-refractivity contribution in [1.82, 2.24) is 24.4 Å². The van der Waals surface area contributed by atoms with Crippen LogP contribution < -0.4 is 5.69 Å². The third-order valence-electron chi connectivity index (χ3n) is 4.78. The number of hydrogen-bond acceptors (Lipinski definition) is 3. The molecule has 0 saturated carbocycles. The van der Waals surface area contributed by atoms with Gasteiger partial charge in [-0.1, -0.05) is 6.92 Å². The lowest BCUT2D eigenvalue weighted by Gasteiger charge is -2.36. The summed E-state index contributed by atoms with van der Waals surface area (Å²) in [4.78, 5) is 35.4. The first-order chi connectivity index (χ1) is 11.1. The van der Waals surface area contributed by atoms with Gasteiger partial charge in [0.2, 0.25) is 0 Å². The van der Waals surface area contributed by atoms with Crippen LogP contribution in [0.3, 0.4) is 0 Å². The topological polar surface area (TPSA) is 107 Å². The minimum Gasteiger partial charge on any atom is -0.465 e. The van der Waals surface area contributed by atoms with Gasteiger partial charge in [0, 0.05) is 24.7 Å². The Labute approximate surface area is 130 Å². The Morgan fingerprint density at radius 2 is 2.30 bits per heavy atom. The molecule has 23 heavy (non-hydrogen) atoms. The molecule has 8 nitrogen and oxygen atoms in total. The average molecular weight is 315 g/mol. The van der Waals surface area contributed by atoms with E-state index in [0.717, 1.165) is 17.3 Å². The van der Waals surface area contributed by atoms with E-state index in [1.54, 1.807) is 17.0 Å². The smallest absolute Gasteiger partial charge is 0.407 e. The zero-order valence-electron chi connectivity index (χ0n) is 12.6. The second-order valence-electron chi connectivity index (χ2n) is 6.12. The van der Waals surface area contributed by atoms with Crippen LogP contribution in [0.4, 0.5) is 4.79 Å². The normalized spacial score (nSPS) is 22.0. The van der Waals surface area contributed by atoms with Crippen LogP contribution in [0.5, 0.6) is 0 Å². The Kier molecular flexibility index (Phi) is 2.93. The van der Waals surface area contributed by atoms with E-state index in [1.807, 2.05) is 6.07 Å². The third-order valence-corrected chi connectivity index (χ3v) is 4.78. The first kappa shape index (κ1) is 13.9. The van der Waals surface area contributed by atoms with E-state index in [2.05, 4.69) is 21.9 Å². The molecule has 2 atom stereocenters. The van der Waals surface area contributed by atoms with Gasteiger partial charge in [-0.15, -0.1) is 0 Å². The summed E-state index contributed by atoms with van der Waals surface area (Å²) >= 11 is 0. The van der Waals surface area contributed by atoms with Crippen molar-refractivity contribution in [3.63, 3.8) is 0 Å². The molecule has 3 N–H and O–H groups in total. The van der Waals surface area contributed by atoms with Crippen LogP contribution in [0.1, 0.15) is 19.4 Å². The molecule has 8 heteroatoms. The third kappa shape index (κ3) is 2.01. The molecule has 1 amide bonds. The van der Waals surface area contributed by atoms with Crippen LogP contribution in [0.2, 0.25) is 0 Å². The first-order valence-corrected chi connectivity index (χ1v) is 7.60. The summed E-state index contributed by atoms with van der Waals surface area (Å²) in [6.45, 7) is 2.88. The second-order valence-corrected chi connectivity index (χ2v) is 6.12. The Morgan fingerprint density at radius 1 is 1.48 bits per heavy atom. The van der Waals surface area contributed by atoms with Crippen LogP contribution in [-0.4, -0.2) is 48.7 Å². The number of likely N-dealkylation sites (tertiary alicyclic amines) is 1. The van der Waals surface area contributed by atoms with Crippen molar-refractivity contribution in [2.45, 2.75) is 19.4 Å². The van der Waals surface area contributed by atoms with Gasteiger partial charge < -0.3 is 20.0 Å². The molecule has 1 aliphatic heterocycles. The summed E-state index contributed by atoms with van der Waals surface area (Å²) in [5.41, 5.74) is 1.94. The number of carbonyl (C=O) groups is 1. The predicted molar refractivity (Wildman–Crippen MR) is 84.6 cm³/mol. The number of fused-ring (bicyclic) bond motifs is 3. The van der Waals surface area contributed by atoms with Crippen molar-refractivity contribution in [2.24, 2.45) is 5.92 Å². The molecule has 0 spiro atoms. The van der Waals surface area contributed by atoms with E-state index in [9.17, 15) is 14.7 Å². The number of piperidine rings is 1. The molecular weight excluding hydrogens is 298 g/mol. The Hall–Kier alpha value is -2.77. The molecule has 1 fully saturated rings. The highest BCUT2D eigenvalue weighted by atomic mass is 16.4. The number of aromatic nitrogens is 4. The van der Waals surface area contributed by atoms with Crippen molar-refractivity contribution in [3.05, 3.63) is 28.9 Å². The first-order valence-electron chi connectivity index (χ1n) is 7.60. The number of H-pyrrole nitrogens is 2. The van der Waals surface area contributed by atoms with Crippen molar-refractivity contribution in [3.8, 4) is 0 Å². The number of pyridine rings is 1. The molecule has 1 saturated heterocycles. The van der Waals surface area contributed by atoms with Crippen molar-refractivity contribution < 1.29 is 9.90 Å². The SMILES string of the molecule is C[C@H]1CCN(C(=O)O)C[C@H]1n1c(=O)[nH]c2cnc3[nH]ccc3c21. The maximum Gasteiger partial charge on any atom is 0.407 e. The number of nitrogens with one attached hydrogen (secondary N) is 2. The number of aromatic amines is 2. The summed E-state index contributed by atoms with van der Waals surface area (Å²) in [5.74, 6) is 0.212. The largest absolute Gasteiger partial charge is 0.465 e. The van der Waals surface area contributed by atoms with E-state index < -0.39 is 6.09 Å². The fourth-order valence-corrected chi connectivity index (χ4v) is 3.50. The molecule has 0 aliphatic carbocycles. The number of carboxylic acid groups (broad SMARTS) is 1.